The van der Waals surface area contributed by atoms with Gasteiger partial charge in [-0.3, -0.25) is 0 Å². The van der Waals surface area contributed by atoms with Crippen molar-refractivity contribution in [2.75, 3.05) is 11.9 Å². The van der Waals surface area contributed by atoms with E-state index in [0.29, 0.717) is 24.5 Å². The lowest BCUT2D eigenvalue weighted by Gasteiger charge is -2.28. The van der Waals surface area contributed by atoms with Gasteiger partial charge < -0.3 is 10.1 Å². The average molecular weight is 439 g/mol. The molecule has 1 atom stereocenters. The van der Waals surface area contributed by atoms with Crippen molar-refractivity contribution >= 4 is 27.8 Å². The predicted molar refractivity (Wildman–Crippen MR) is 110 cm³/mol. The van der Waals surface area contributed by atoms with Gasteiger partial charge in [0.15, 0.2) is 0 Å². The topological polar surface area (TPSA) is 69.0 Å². The SMILES string of the molecule is CC1=C(C(=O)OCCc2ccccc2)C(c2cccc(Br)c2)n2ncnc2N1. The van der Waals surface area contributed by atoms with Crippen molar-refractivity contribution in [2.45, 2.75) is 19.4 Å². The number of nitrogens with one attached hydrogen (secondary N) is 1. The lowest BCUT2D eigenvalue weighted by Crippen LogP contribution is -2.30. The van der Waals surface area contributed by atoms with Gasteiger partial charge in [0.2, 0.25) is 5.95 Å². The van der Waals surface area contributed by atoms with Gasteiger partial charge in [0.05, 0.1) is 12.2 Å². The maximum absolute atomic E-state index is 13.0. The highest BCUT2D eigenvalue weighted by Crippen LogP contribution is 2.35. The minimum absolute atomic E-state index is 0.315. The Kier molecular flexibility index (Phi) is 5.25. The largest absolute Gasteiger partial charge is 0.462 e. The third kappa shape index (κ3) is 3.71. The number of benzene rings is 2. The minimum Gasteiger partial charge on any atom is -0.462 e. The van der Waals surface area contributed by atoms with Gasteiger partial charge in [0.25, 0.3) is 0 Å². The Labute approximate surface area is 171 Å². The molecule has 0 bridgehead atoms. The van der Waals surface area contributed by atoms with Crippen LogP contribution in [0.15, 0.2) is 76.7 Å². The molecule has 7 heteroatoms. The quantitative estimate of drug-likeness (QED) is 0.606. The summed E-state index contributed by atoms with van der Waals surface area (Å²) in [5.41, 5.74) is 3.31. The van der Waals surface area contributed by atoms with Crippen molar-refractivity contribution in [3.05, 3.63) is 87.8 Å². The third-order valence-electron chi connectivity index (χ3n) is 4.65. The minimum atomic E-state index is -0.402. The van der Waals surface area contributed by atoms with Gasteiger partial charge in [0, 0.05) is 16.6 Å². The molecule has 0 aliphatic carbocycles. The summed E-state index contributed by atoms with van der Waals surface area (Å²) in [6.45, 7) is 2.17. The zero-order chi connectivity index (χ0) is 19.5. The van der Waals surface area contributed by atoms with E-state index in [4.69, 9.17) is 4.74 Å². The van der Waals surface area contributed by atoms with E-state index in [9.17, 15) is 4.79 Å². The number of anilines is 1. The highest BCUT2D eigenvalue weighted by molar-refractivity contribution is 9.10. The fraction of sp³-hybridized carbons (Fsp3) is 0.190. The molecule has 3 aromatic rings. The van der Waals surface area contributed by atoms with Gasteiger partial charge in [-0.25, -0.2) is 9.48 Å². The second-order valence-corrected chi connectivity index (χ2v) is 7.44. The summed E-state index contributed by atoms with van der Waals surface area (Å²) >= 11 is 3.51. The molecular weight excluding hydrogens is 420 g/mol. The number of carbonyl (C=O) groups is 1. The summed E-state index contributed by atoms with van der Waals surface area (Å²) in [6, 6.07) is 17.4. The summed E-state index contributed by atoms with van der Waals surface area (Å²) < 4.78 is 8.26. The molecule has 1 aliphatic heterocycles. The van der Waals surface area contributed by atoms with E-state index in [1.807, 2.05) is 61.5 Å². The molecule has 0 fully saturated rings. The third-order valence-corrected chi connectivity index (χ3v) is 5.14. The van der Waals surface area contributed by atoms with Crippen LogP contribution in [0.2, 0.25) is 0 Å². The molecule has 1 aromatic heterocycles. The number of carbonyl (C=O) groups excluding carboxylic acids is 1. The standard InChI is InChI=1S/C21H19BrN4O2/c1-14-18(20(27)28-11-10-15-6-3-2-4-7-15)19(16-8-5-9-17(22)12-16)26-21(25-14)23-13-24-26/h2-9,12-13,19H,10-11H2,1H3,(H,23,24,25). The second-order valence-electron chi connectivity index (χ2n) is 6.52. The monoisotopic (exact) mass is 438 g/mol. The van der Waals surface area contributed by atoms with Gasteiger partial charge in [-0.05, 0) is 30.2 Å². The maximum Gasteiger partial charge on any atom is 0.338 e. The Morgan fingerprint density at radius 3 is 2.82 bits per heavy atom. The van der Waals surface area contributed by atoms with Crippen LogP contribution in [-0.2, 0) is 16.0 Å². The number of esters is 1. The molecule has 6 nitrogen and oxygen atoms in total. The number of halogens is 1. The average Bonchev–Trinajstić information content (AvgIpc) is 3.15. The van der Waals surface area contributed by atoms with Crippen LogP contribution in [0.1, 0.15) is 24.1 Å². The lowest BCUT2D eigenvalue weighted by atomic mass is 9.96. The van der Waals surface area contributed by atoms with Crippen molar-refractivity contribution in [3.63, 3.8) is 0 Å². The summed E-state index contributed by atoms with van der Waals surface area (Å²) in [7, 11) is 0. The molecule has 28 heavy (non-hydrogen) atoms. The van der Waals surface area contributed by atoms with Crippen LogP contribution < -0.4 is 5.32 Å². The van der Waals surface area contributed by atoms with Crippen LogP contribution in [0, 0.1) is 0 Å². The Hall–Kier alpha value is -2.93. The van der Waals surface area contributed by atoms with Gasteiger partial charge in [-0.15, -0.1) is 0 Å². The van der Waals surface area contributed by atoms with Crippen LogP contribution in [0.3, 0.4) is 0 Å². The second kappa shape index (κ2) is 7.98. The van der Waals surface area contributed by atoms with Gasteiger partial charge >= 0.3 is 5.97 Å². The summed E-state index contributed by atoms with van der Waals surface area (Å²) in [6.07, 6.45) is 2.15. The molecule has 0 amide bonds. The van der Waals surface area contributed by atoms with Crippen molar-refractivity contribution in [1.29, 1.82) is 0 Å². The van der Waals surface area contributed by atoms with Crippen molar-refractivity contribution in [3.8, 4) is 0 Å². The van der Waals surface area contributed by atoms with Crippen LogP contribution in [0.5, 0.6) is 0 Å². The zero-order valence-corrected chi connectivity index (χ0v) is 16.9. The molecule has 1 N–H and O–H groups in total. The number of fused-ring (bicyclic) bond motifs is 1. The number of rotatable bonds is 5. The van der Waals surface area contributed by atoms with Crippen LogP contribution in [0.4, 0.5) is 5.95 Å². The fourth-order valence-electron chi connectivity index (χ4n) is 3.32. The van der Waals surface area contributed by atoms with Crippen molar-refractivity contribution < 1.29 is 9.53 Å². The Morgan fingerprint density at radius 2 is 2.04 bits per heavy atom. The molecule has 0 saturated carbocycles. The maximum atomic E-state index is 13.0. The van der Waals surface area contributed by atoms with Gasteiger partial charge in [0.1, 0.15) is 12.4 Å². The molecular formula is C21H19BrN4O2. The first kappa shape index (κ1) is 18.4. The Balaban J connectivity index is 1.60. The number of hydrogen-bond donors (Lipinski definition) is 1. The molecule has 0 radical (unpaired) electrons. The van der Waals surface area contributed by atoms with E-state index >= 15 is 0 Å². The first-order valence-electron chi connectivity index (χ1n) is 8.97. The first-order valence-corrected chi connectivity index (χ1v) is 9.76. The number of nitrogens with zero attached hydrogens (tertiary/aromatic N) is 3. The predicted octanol–water partition coefficient (Wildman–Crippen LogP) is 4.12. The van der Waals surface area contributed by atoms with E-state index in [-0.39, 0.29) is 5.97 Å². The number of ether oxygens (including phenoxy) is 1. The highest BCUT2D eigenvalue weighted by atomic mass is 79.9. The molecule has 2 aromatic carbocycles. The highest BCUT2D eigenvalue weighted by Gasteiger charge is 2.34. The number of aromatic nitrogens is 3. The Bertz CT molecular complexity index is 1030. The van der Waals surface area contributed by atoms with E-state index in [1.165, 1.54) is 6.33 Å². The van der Waals surface area contributed by atoms with Crippen LogP contribution in [-0.4, -0.2) is 27.3 Å². The van der Waals surface area contributed by atoms with Crippen molar-refractivity contribution in [2.24, 2.45) is 0 Å². The fourth-order valence-corrected chi connectivity index (χ4v) is 3.74. The summed E-state index contributed by atoms with van der Waals surface area (Å²) in [5.74, 6) is 0.246. The number of allylic oxidation sites excluding steroid dienone is 1. The molecule has 1 unspecified atom stereocenters. The van der Waals surface area contributed by atoms with Crippen molar-refractivity contribution in [1.82, 2.24) is 14.8 Å². The summed E-state index contributed by atoms with van der Waals surface area (Å²) in [5, 5.41) is 7.47. The molecule has 4 rings (SSSR count). The lowest BCUT2D eigenvalue weighted by molar-refractivity contribution is -0.139. The van der Waals surface area contributed by atoms with E-state index < -0.39 is 6.04 Å². The van der Waals surface area contributed by atoms with E-state index in [0.717, 1.165) is 21.3 Å². The molecule has 1 aliphatic rings. The van der Waals surface area contributed by atoms with E-state index in [1.54, 1.807) is 4.68 Å². The molecule has 142 valence electrons. The molecule has 0 spiro atoms. The van der Waals surface area contributed by atoms with Gasteiger partial charge in [-0.1, -0.05) is 58.4 Å². The van der Waals surface area contributed by atoms with E-state index in [2.05, 4.69) is 31.3 Å². The zero-order valence-electron chi connectivity index (χ0n) is 15.3. The Morgan fingerprint density at radius 1 is 1.21 bits per heavy atom. The van der Waals surface area contributed by atoms with Crippen LogP contribution in [0.25, 0.3) is 0 Å². The summed E-state index contributed by atoms with van der Waals surface area (Å²) in [4.78, 5) is 17.2. The molecule has 0 saturated heterocycles. The van der Waals surface area contributed by atoms with Gasteiger partial charge in [-0.2, -0.15) is 10.1 Å². The normalized spacial score (nSPS) is 15.7. The molecule has 2 heterocycles. The van der Waals surface area contributed by atoms with Crippen LogP contribution >= 0.6 is 15.9 Å². The first-order chi connectivity index (χ1) is 13.6. The smallest absolute Gasteiger partial charge is 0.338 e. The number of hydrogen-bond acceptors (Lipinski definition) is 5.